The van der Waals surface area contributed by atoms with Crippen LogP contribution in [-0.2, 0) is 11.3 Å². The van der Waals surface area contributed by atoms with Gasteiger partial charge < -0.3 is 4.74 Å². The van der Waals surface area contributed by atoms with Gasteiger partial charge in [-0.25, -0.2) is 0 Å². The van der Waals surface area contributed by atoms with E-state index < -0.39 is 0 Å². The van der Waals surface area contributed by atoms with Gasteiger partial charge in [-0.2, -0.15) is 0 Å². The van der Waals surface area contributed by atoms with Crippen molar-refractivity contribution in [2.45, 2.75) is 26.3 Å². The maximum absolute atomic E-state index is 12.7. The number of amides is 1. The van der Waals surface area contributed by atoms with Gasteiger partial charge in [-0.3, -0.25) is 9.69 Å². The minimum absolute atomic E-state index is 0.0351. The fourth-order valence-corrected chi connectivity index (χ4v) is 3.80. The number of hydrogen-bond donors (Lipinski definition) is 0. The summed E-state index contributed by atoms with van der Waals surface area (Å²) >= 11 is 6.75. The number of thiocarbonyl (C=S) groups is 1. The summed E-state index contributed by atoms with van der Waals surface area (Å²) in [4.78, 5) is 15.0. The molecule has 0 radical (unpaired) electrons. The number of benzene rings is 2. The first-order valence-electron chi connectivity index (χ1n) is 8.69. The van der Waals surface area contributed by atoms with Gasteiger partial charge in [0.25, 0.3) is 5.91 Å². The summed E-state index contributed by atoms with van der Waals surface area (Å²) < 4.78 is 6.27. The zero-order valence-electron chi connectivity index (χ0n) is 14.7. The van der Waals surface area contributed by atoms with E-state index in [4.69, 9.17) is 17.0 Å². The molecule has 0 unspecified atom stereocenters. The van der Waals surface area contributed by atoms with Crippen LogP contribution in [0, 0.1) is 0 Å². The Morgan fingerprint density at radius 2 is 1.85 bits per heavy atom. The number of carbonyl (C=O) groups excluding carboxylic acids is 1. The molecule has 26 heavy (non-hydrogen) atoms. The molecular weight excluding hydrogens is 362 g/mol. The number of rotatable bonds is 7. The third kappa shape index (κ3) is 4.74. The molecule has 134 valence electrons. The SMILES string of the molecule is CCCCOc1ccc(/C=C2/SC(=S)N(Cc3ccccc3)C2=O)cc1. The van der Waals surface area contributed by atoms with Crippen LogP contribution >= 0.6 is 24.0 Å². The van der Waals surface area contributed by atoms with Gasteiger partial charge in [0.2, 0.25) is 0 Å². The molecule has 2 aromatic rings. The van der Waals surface area contributed by atoms with E-state index in [-0.39, 0.29) is 5.91 Å². The first kappa shape index (κ1) is 18.7. The molecule has 1 saturated heterocycles. The van der Waals surface area contributed by atoms with E-state index in [1.807, 2.05) is 60.7 Å². The zero-order valence-corrected chi connectivity index (χ0v) is 16.3. The van der Waals surface area contributed by atoms with Gasteiger partial charge in [-0.15, -0.1) is 0 Å². The summed E-state index contributed by atoms with van der Waals surface area (Å²) in [5.41, 5.74) is 2.03. The molecule has 1 amide bonds. The molecule has 1 fully saturated rings. The highest BCUT2D eigenvalue weighted by atomic mass is 32.2. The number of unbranched alkanes of at least 4 members (excludes halogenated alkanes) is 1. The van der Waals surface area contributed by atoms with Crippen LogP contribution in [0.1, 0.15) is 30.9 Å². The molecule has 0 aliphatic carbocycles. The Bertz CT molecular complexity index is 801. The smallest absolute Gasteiger partial charge is 0.266 e. The van der Waals surface area contributed by atoms with Crippen LogP contribution in [0.3, 0.4) is 0 Å². The van der Waals surface area contributed by atoms with Crippen molar-refractivity contribution >= 4 is 40.3 Å². The van der Waals surface area contributed by atoms with E-state index in [1.165, 1.54) is 11.8 Å². The largest absolute Gasteiger partial charge is 0.494 e. The van der Waals surface area contributed by atoms with Crippen molar-refractivity contribution < 1.29 is 9.53 Å². The molecule has 1 aliphatic rings. The summed E-state index contributed by atoms with van der Waals surface area (Å²) in [5, 5.41) is 0. The monoisotopic (exact) mass is 383 g/mol. The first-order valence-corrected chi connectivity index (χ1v) is 9.92. The van der Waals surface area contributed by atoms with Crippen LogP contribution in [0.2, 0.25) is 0 Å². The lowest BCUT2D eigenvalue weighted by molar-refractivity contribution is -0.122. The highest BCUT2D eigenvalue weighted by Crippen LogP contribution is 2.33. The number of hydrogen-bond acceptors (Lipinski definition) is 4. The second kappa shape index (κ2) is 9.01. The molecular formula is C21H21NO2S2. The summed E-state index contributed by atoms with van der Waals surface area (Å²) in [5.74, 6) is 0.819. The minimum atomic E-state index is -0.0351. The number of carbonyl (C=O) groups is 1. The van der Waals surface area contributed by atoms with E-state index >= 15 is 0 Å². The van der Waals surface area contributed by atoms with Gasteiger partial charge in [0.05, 0.1) is 18.1 Å². The maximum Gasteiger partial charge on any atom is 0.266 e. The topological polar surface area (TPSA) is 29.5 Å². The van der Waals surface area contributed by atoms with Crippen LogP contribution in [0.15, 0.2) is 59.5 Å². The third-order valence-corrected chi connectivity index (χ3v) is 5.38. The van der Waals surface area contributed by atoms with Crippen molar-refractivity contribution in [3.63, 3.8) is 0 Å². The molecule has 0 aromatic heterocycles. The van der Waals surface area contributed by atoms with Crippen molar-refractivity contribution in [2.75, 3.05) is 6.61 Å². The van der Waals surface area contributed by atoms with Gasteiger partial charge in [-0.1, -0.05) is 79.8 Å². The lowest BCUT2D eigenvalue weighted by atomic mass is 10.2. The van der Waals surface area contributed by atoms with Gasteiger partial charge in [0.1, 0.15) is 10.1 Å². The minimum Gasteiger partial charge on any atom is -0.494 e. The number of thioether (sulfide) groups is 1. The Kier molecular flexibility index (Phi) is 6.47. The lowest BCUT2D eigenvalue weighted by Crippen LogP contribution is -2.27. The second-order valence-corrected chi connectivity index (χ2v) is 7.70. The molecule has 5 heteroatoms. The van der Waals surface area contributed by atoms with Crippen LogP contribution in [0.5, 0.6) is 5.75 Å². The van der Waals surface area contributed by atoms with Gasteiger partial charge >= 0.3 is 0 Å². The van der Waals surface area contributed by atoms with Crippen molar-refractivity contribution in [3.8, 4) is 5.75 Å². The molecule has 0 atom stereocenters. The molecule has 0 saturated carbocycles. The Balaban J connectivity index is 1.67. The van der Waals surface area contributed by atoms with Crippen LogP contribution in [-0.4, -0.2) is 21.7 Å². The molecule has 1 heterocycles. The van der Waals surface area contributed by atoms with Crippen molar-refractivity contribution in [3.05, 3.63) is 70.6 Å². The van der Waals surface area contributed by atoms with Crippen molar-refractivity contribution in [1.29, 1.82) is 0 Å². The Morgan fingerprint density at radius 3 is 2.54 bits per heavy atom. The summed E-state index contributed by atoms with van der Waals surface area (Å²) in [6.07, 6.45) is 4.05. The molecule has 2 aromatic carbocycles. The Morgan fingerprint density at radius 1 is 1.12 bits per heavy atom. The van der Waals surface area contributed by atoms with Gasteiger partial charge in [0, 0.05) is 0 Å². The normalized spacial score (nSPS) is 15.7. The van der Waals surface area contributed by atoms with E-state index in [0.717, 1.165) is 36.3 Å². The standard InChI is InChI=1S/C21H21NO2S2/c1-2-3-13-24-18-11-9-16(10-12-18)14-19-20(23)22(21(25)26-19)15-17-7-5-4-6-8-17/h4-12,14H,2-3,13,15H2,1H3/b19-14+. The molecule has 0 spiro atoms. The Labute approximate surface area is 164 Å². The summed E-state index contributed by atoms with van der Waals surface area (Å²) in [6, 6.07) is 17.7. The number of ether oxygens (including phenoxy) is 1. The fourth-order valence-electron chi connectivity index (χ4n) is 2.55. The van der Waals surface area contributed by atoms with Crippen LogP contribution < -0.4 is 4.74 Å². The van der Waals surface area contributed by atoms with Gasteiger partial charge in [0.15, 0.2) is 0 Å². The average Bonchev–Trinajstić information content (AvgIpc) is 2.92. The first-order chi connectivity index (χ1) is 12.7. The number of nitrogens with zero attached hydrogens (tertiary/aromatic N) is 1. The maximum atomic E-state index is 12.7. The highest BCUT2D eigenvalue weighted by Gasteiger charge is 2.31. The second-order valence-electron chi connectivity index (χ2n) is 6.02. The molecule has 0 N–H and O–H groups in total. The van der Waals surface area contributed by atoms with Gasteiger partial charge in [-0.05, 0) is 35.8 Å². The summed E-state index contributed by atoms with van der Waals surface area (Å²) in [6.45, 7) is 3.38. The summed E-state index contributed by atoms with van der Waals surface area (Å²) in [7, 11) is 0. The van der Waals surface area contributed by atoms with Crippen molar-refractivity contribution in [1.82, 2.24) is 4.90 Å². The van der Waals surface area contributed by atoms with Crippen LogP contribution in [0.25, 0.3) is 6.08 Å². The van der Waals surface area contributed by atoms with E-state index in [9.17, 15) is 4.79 Å². The molecule has 0 bridgehead atoms. The average molecular weight is 384 g/mol. The molecule has 1 aliphatic heterocycles. The van der Waals surface area contributed by atoms with E-state index in [0.29, 0.717) is 15.8 Å². The zero-order chi connectivity index (χ0) is 18.4. The lowest BCUT2D eigenvalue weighted by Gasteiger charge is -2.14. The fraction of sp³-hybridized carbons (Fsp3) is 0.238. The van der Waals surface area contributed by atoms with Crippen molar-refractivity contribution in [2.24, 2.45) is 0 Å². The molecule has 3 nitrogen and oxygen atoms in total. The molecule has 3 rings (SSSR count). The Hall–Kier alpha value is -2.11. The predicted octanol–water partition coefficient (Wildman–Crippen LogP) is 5.27. The highest BCUT2D eigenvalue weighted by molar-refractivity contribution is 8.26. The van der Waals surface area contributed by atoms with E-state index in [1.54, 1.807) is 4.90 Å². The predicted molar refractivity (Wildman–Crippen MR) is 112 cm³/mol. The van der Waals surface area contributed by atoms with Crippen LogP contribution in [0.4, 0.5) is 0 Å². The quantitative estimate of drug-likeness (QED) is 0.370. The van der Waals surface area contributed by atoms with E-state index in [2.05, 4.69) is 6.92 Å². The third-order valence-electron chi connectivity index (χ3n) is 4.00.